The summed E-state index contributed by atoms with van der Waals surface area (Å²) < 4.78 is 31.9. The molecule has 0 bridgehead atoms. The minimum atomic E-state index is -3.62. The third kappa shape index (κ3) is 5.89. The summed E-state index contributed by atoms with van der Waals surface area (Å²) in [5.41, 5.74) is 1.01. The molecule has 0 saturated carbocycles. The first kappa shape index (κ1) is 22.9. The third-order valence-corrected chi connectivity index (χ3v) is 7.23. The van der Waals surface area contributed by atoms with E-state index in [0.29, 0.717) is 25.9 Å². The topological polar surface area (TPSA) is 96.9 Å². The van der Waals surface area contributed by atoms with Crippen LogP contribution in [0.2, 0.25) is 0 Å². The molecule has 1 aromatic heterocycles. The molecule has 3 rings (SSSR count). The average molecular weight is 446 g/mol. The number of likely N-dealkylation sites (N-methyl/N-ethyl adjacent to an activating group) is 1. The Kier molecular flexibility index (Phi) is 7.75. The van der Waals surface area contributed by atoms with Crippen molar-refractivity contribution in [3.8, 4) is 0 Å². The van der Waals surface area contributed by atoms with Gasteiger partial charge in [0.05, 0.1) is 5.92 Å². The summed E-state index contributed by atoms with van der Waals surface area (Å²) in [5.74, 6) is -1.13. The maximum Gasteiger partial charge on any atom is 0.309 e. The van der Waals surface area contributed by atoms with E-state index in [1.165, 1.54) is 22.8 Å². The number of pyridine rings is 1. The number of hydrogen-bond acceptors (Lipinski definition) is 6. The molecular formula is C22H27N3O5S. The van der Waals surface area contributed by atoms with Crippen LogP contribution in [-0.2, 0) is 30.9 Å². The fourth-order valence-corrected chi connectivity index (χ4v) is 4.94. The SMILES string of the molecule is CCN(Cc1ccccc1)C(=O)COC(=O)C1CCN(S(=O)(=O)c2cccnc2)CC1. The van der Waals surface area contributed by atoms with E-state index in [2.05, 4.69) is 4.98 Å². The molecule has 1 aromatic carbocycles. The number of aromatic nitrogens is 1. The maximum atomic E-state index is 12.7. The Morgan fingerprint density at radius 1 is 1.13 bits per heavy atom. The average Bonchev–Trinajstić information content (AvgIpc) is 2.82. The Bertz CT molecular complexity index is 975. The Hall–Kier alpha value is -2.78. The van der Waals surface area contributed by atoms with E-state index in [-0.39, 0.29) is 30.5 Å². The molecule has 1 aliphatic rings. The van der Waals surface area contributed by atoms with Crippen molar-refractivity contribution in [3.63, 3.8) is 0 Å². The number of sulfonamides is 1. The highest BCUT2D eigenvalue weighted by Gasteiger charge is 2.33. The Morgan fingerprint density at radius 3 is 2.45 bits per heavy atom. The van der Waals surface area contributed by atoms with Crippen molar-refractivity contribution in [2.24, 2.45) is 5.92 Å². The fourth-order valence-electron chi connectivity index (χ4n) is 3.50. The van der Waals surface area contributed by atoms with Crippen LogP contribution >= 0.6 is 0 Å². The second kappa shape index (κ2) is 10.5. The molecule has 0 radical (unpaired) electrons. The zero-order valence-corrected chi connectivity index (χ0v) is 18.3. The number of esters is 1. The third-order valence-electron chi connectivity index (χ3n) is 5.35. The molecular weight excluding hydrogens is 418 g/mol. The lowest BCUT2D eigenvalue weighted by atomic mass is 9.98. The van der Waals surface area contributed by atoms with E-state index < -0.39 is 21.9 Å². The molecule has 0 spiro atoms. The zero-order valence-electron chi connectivity index (χ0n) is 17.5. The number of carbonyl (C=O) groups is 2. The molecule has 1 amide bonds. The van der Waals surface area contributed by atoms with Gasteiger partial charge in [-0.25, -0.2) is 8.42 Å². The molecule has 1 aliphatic heterocycles. The van der Waals surface area contributed by atoms with Crippen LogP contribution in [0, 0.1) is 5.92 Å². The van der Waals surface area contributed by atoms with Crippen molar-refractivity contribution in [2.45, 2.75) is 31.2 Å². The van der Waals surface area contributed by atoms with Gasteiger partial charge in [-0.05, 0) is 37.5 Å². The lowest BCUT2D eigenvalue weighted by Gasteiger charge is -2.30. The Morgan fingerprint density at radius 2 is 1.84 bits per heavy atom. The molecule has 31 heavy (non-hydrogen) atoms. The van der Waals surface area contributed by atoms with Crippen LogP contribution in [0.1, 0.15) is 25.3 Å². The molecule has 8 nitrogen and oxygen atoms in total. The molecule has 1 fully saturated rings. The van der Waals surface area contributed by atoms with Crippen molar-refractivity contribution in [2.75, 3.05) is 26.2 Å². The van der Waals surface area contributed by atoms with Gasteiger partial charge < -0.3 is 9.64 Å². The van der Waals surface area contributed by atoms with E-state index in [9.17, 15) is 18.0 Å². The quantitative estimate of drug-likeness (QED) is 0.577. The number of nitrogens with zero attached hydrogens (tertiary/aromatic N) is 3. The van der Waals surface area contributed by atoms with Crippen molar-refractivity contribution in [1.82, 2.24) is 14.2 Å². The van der Waals surface area contributed by atoms with Gasteiger partial charge in [0.15, 0.2) is 6.61 Å². The summed E-state index contributed by atoms with van der Waals surface area (Å²) in [6.45, 7) is 2.98. The first-order valence-electron chi connectivity index (χ1n) is 10.3. The highest BCUT2D eigenvalue weighted by molar-refractivity contribution is 7.89. The number of benzene rings is 1. The van der Waals surface area contributed by atoms with Crippen LogP contribution in [0.4, 0.5) is 0 Å². The first-order chi connectivity index (χ1) is 14.9. The molecule has 166 valence electrons. The Labute approximate surface area is 182 Å². The van der Waals surface area contributed by atoms with Crippen LogP contribution in [0.5, 0.6) is 0 Å². The monoisotopic (exact) mass is 445 g/mol. The minimum absolute atomic E-state index is 0.139. The van der Waals surface area contributed by atoms with Gasteiger partial charge in [-0.2, -0.15) is 4.31 Å². The van der Waals surface area contributed by atoms with E-state index in [1.54, 1.807) is 11.0 Å². The largest absolute Gasteiger partial charge is 0.455 e. The Balaban J connectivity index is 1.48. The van der Waals surface area contributed by atoms with Gasteiger partial charge in [-0.1, -0.05) is 30.3 Å². The number of ether oxygens (including phenoxy) is 1. The lowest BCUT2D eigenvalue weighted by Crippen LogP contribution is -2.41. The van der Waals surface area contributed by atoms with Gasteiger partial charge in [-0.15, -0.1) is 0 Å². The normalized spacial score (nSPS) is 15.4. The second-order valence-electron chi connectivity index (χ2n) is 7.37. The molecule has 1 saturated heterocycles. The molecule has 0 unspecified atom stereocenters. The van der Waals surface area contributed by atoms with Crippen molar-refractivity contribution in [3.05, 3.63) is 60.4 Å². The lowest BCUT2D eigenvalue weighted by molar-refractivity contribution is -0.156. The van der Waals surface area contributed by atoms with Gasteiger partial charge in [0.1, 0.15) is 4.90 Å². The summed E-state index contributed by atoms with van der Waals surface area (Å²) in [7, 11) is -3.62. The van der Waals surface area contributed by atoms with Crippen LogP contribution in [-0.4, -0.2) is 60.7 Å². The number of amides is 1. The number of rotatable bonds is 8. The fraction of sp³-hybridized carbons (Fsp3) is 0.409. The van der Waals surface area contributed by atoms with Crippen LogP contribution in [0.15, 0.2) is 59.8 Å². The second-order valence-corrected chi connectivity index (χ2v) is 9.31. The predicted octanol–water partition coefficient (Wildman–Crippen LogP) is 2.07. The summed E-state index contributed by atoms with van der Waals surface area (Å²) in [6, 6.07) is 12.7. The summed E-state index contributed by atoms with van der Waals surface area (Å²) in [5, 5.41) is 0. The summed E-state index contributed by atoms with van der Waals surface area (Å²) in [6.07, 6.45) is 3.54. The number of hydrogen-bond donors (Lipinski definition) is 0. The van der Waals surface area contributed by atoms with Gasteiger partial charge in [0, 0.05) is 38.6 Å². The summed E-state index contributed by atoms with van der Waals surface area (Å²) in [4.78, 5) is 30.5. The van der Waals surface area contributed by atoms with Crippen LogP contribution in [0.3, 0.4) is 0 Å². The van der Waals surface area contributed by atoms with E-state index in [4.69, 9.17) is 4.74 Å². The van der Waals surface area contributed by atoms with Crippen molar-refractivity contribution >= 4 is 21.9 Å². The smallest absolute Gasteiger partial charge is 0.309 e. The zero-order chi connectivity index (χ0) is 22.3. The molecule has 0 aliphatic carbocycles. The van der Waals surface area contributed by atoms with Gasteiger partial charge >= 0.3 is 5.97 Å². The van der Waals surface area contributed by atoms with Crippen LogP contribution < -0.4 is 0 Å². The minimum Gasteiger partial charge on any atom is -0.455 e. The van der Waals surface area contributed by atoms with E-state index >= 15 is 0 Å². The molecule has 2 heterocycles. The van der Waals surface area contributed by atoms with Crippen molar-refractivity contribution < 1.29 is 22.7 Å². The molecule has 2 aromatic rings. The van der Waals surface area contributed by atoms with E-state index in [0.717, 1.165) is 5.56 Å². The maximum absolute atomic E-state index is 12.7. The number of piperidine rings is 1. The first-order valence-corrected chi connectivity index (χ1v) is 11.7. The van der Waals surface area contributed by atoms with Crippen molar-refractivity contribution in [1.29, 1.82) is 0 Å². The van der Waals surface area contributed by atoms with Crippen LogP contribution in [0.25, 0.3) is 0 Å². The molecule has 9 heteroatoms. The van der Waals surface area contributed by atoms with Gasteiger partial charge in [0.2, 0.25) is 10.0 Å². The molecule has 0 N–H and O–H groups in total. The highest BCUT2D eigenvalue weighted by Crippen LogP contribution is 2.24. The highest BCUT2D eigenvalue weighted by atomic mass is 32.2. The molecule has 0 atom stereocenters. The van der Waals surface area contributed by atoms with Gasteiger partial charge in [-0.3, -0.25) is 14.6 Å². The standard InChI is InChI=1S/C22H27N3O5S/c1-2-24(16-18-7-4-3-5-8-18)21(26)17-30-22(27)19-10-13-25(14-11-19)31(28,29)20-9-6-12-23-15-20/h3-9,12,15,19H,2,10-11,13-14,16-17H2,1H3. The number of carbonyl (C=O) groups excluding carboxylic acids is 2. The van der Waals surface area contributed by atoms with Gasteiger partial charge in [0.25, 0.3) is 5.91 Å². The van der Waals surface area contributed by atoms with E-state index in [1.807, 2.05) is 37.3 Å². The predicted molar refractivity (Wildman–Crippen MR) is 114 cm³/mol. The summed E-state index contributed by atoms with van der Waals surface area (Å²) >= 11 is 0.